The number of hydrogen-bond acceptors (Lipinski definition) is 4. The second kappa shape index (κ2) is 6.83. The number of carbonyl (C=O) groups is 1. The van der Waals surface area contributed by atoms with Gasteiger partial charge in [0, 0.05) is 12.1 Å². The number of ether oxygens (including phenoxy) is 3. The molecule has 1 aliphatic rings. The third kappa shape index (κ3) is 2.89. The molecule has 0 aromatic heterocycles. The van der Waals surface area contributed by atoms with Crippen LogP contribution in [-0.2, 0) is 6.42 Å². The fourth-order valence-corrected chi connectivity index (χ4v) is 3.15. The Bertz CT molecular complexity index is 757. The molecule has 1 atom stereocenters. The van der Waals surface area contributed by atoms with Crippen LogP contribution in [0.4, 0.5) is 0 Å². The molecule has 0 fully saturated rings. The van der Waals surface area contributed by atoms with E-state index < -0.39 is 0 Å². The monoisotopic (exact) mass is 327 g/mol. The third-order valence-corrected chi connectivity index (χ3v) is 4.39. The van der Waals surface area contributed by atoms with Crippen LogP contribution in [0.25, 0.3) is 0 Å². The van der Waals surface area contributed by atoms with Crippen LogP contribution in [0.3, 0.4) is 0 Å². The summed E-state index contributed by atoms with van der Waals surface area (Å²) in [5, 5.41) is 3.10. The molecule has 3 rings (SSSR count). The van der Waals surface area contributed by atoms with E-state index in [0.29, 0.717) is 22.8 Å². The number of aryl methyl sites for hydroxylation is 1. The Labute approximate surface area is 141 Å². The Balaban J connectivity index is 1.88. The Morgan fingerprint density at radius 3 is 2.38 bits per heavy atom. The van der Waals surface area contributed by atoms with Crippen LogP contribution in [0.1, 0.15) is 33.9 Å². The van der Waals surface area contributed by atoms with Gasteiger partial charge in [0.15, 0.2) is 11.5 Å². The summed E-state index contributed by atoms with van der Waals surface area (Å²) in [6.45, 7) is 0. The summed E-state index contributed by atoms with van der Waals surface area (Å²) in [5.41, 5.74) is 2.91. The molecule has 0 aliphatic heterocycles. The molecule has 5 heteroatoms. The Morgan fingerprint density at radius 2 is 1.67 bits per heavy atom. The minimum atomic E-state index is -0.186. The summed E-state index contributed by atoms with van der Waals surface area (Å²) >= 11 is 0. The molecule has 0 saturated carbocycles. The van der Waals surface area contributed by atoms with E-state index in [-0.39, 0.29) is 11.9 Å². The molecule has 1 unspecified atom stereocenters. The predicted molar refractivity (Wildman–Crippen MR) is 91.1 cm³/mol. The zero-order valence-electron chi connectivity index (χ0n) is 14.1. The van der Waals surface area contributed by atoms with Crippen molar-refractivity contribution in [3.05, 3.63) is 53.1 Å². The van der Waals surface area contributed by atoms with Gasteiger partial charge in [0.05, 0.1) is 32.9 Å². The summed E-state index contributed by atoms with van der Waals surface area (Å²) in [6.07, 6.45) is 1.88. The Kier molecular flexibility index (Phi) is 4.60. The van der Waals surface area contributed by atoms with Crippen molar-refractivity contribution in [1.29, 1.82) is 0 Å². The zero-order chi connectivity index (χ0) is 17.1. The van der Waals surface area contributed by atoms with Gasteiger partial charge in [-0.25, -0.2) is 0 Å². The molecule has 1 aliphatic carbocycles. The molecule has 2 aromatic rings. The molecule has 24 heavy (non-hydrogen) atoms. The molecule has 5 nitrogen and oxygen atoms in total. The predicted octanol–water partition coefficient (Wildman–Crippen LogP) is 3.13. The largest absolute Gasteiger partial charge is 0.496 e. The van der Waals surface area contributed by atoms with Crippen molar-refractivity contribution in [3.63, 3.8) is 0 Å². The molecule has 1 amide bonds. The Morgan fingerprint density at radius 1 is 1.00 bits per heavy atom. The lowest BCUT2D eigenvalue weighted by Gasteiger charge is -2.17. The maximum Gasteiger partial charge on any atom is 0.255 e. The highest BCUT2D eigenvalue weighted by Gasteiger charge is 2.25. The summed E-state index contributed by atoms with van der Waals surface area (Å²) in [6, 6.07) is 11.5. The van der Waals surface area contributed by atoms with Gasteiger partial charge in [-0.15, -0.1) is 0 Å². The molecular weight excluding hydrogens is 306 g/mol. The van der Waals surface area contributed by atoms with E-state index in [0.717, 1.165) is 12.8 Å². The second-order valence-corrected chi connectivity index (χ2v) is 5.67. The highest BCUT2D eigenvalue weighted by molar-refractivity contribution is 5.98. The van der Waals surface area contributed by atoms with E-state index in [1.807, 2.05) is 12.1 Å². The van der Waals surface area contributed by atoms with Gasteiger partial charge in [0.2, 0.25) is 0 Å². The number of nitrogens with one attached hydrogen (secondary N) is 1. The van der Waals surface area contributed by atoms with Crippen LogP contribution in [-0.4, -0.2) is 27.2 Å². The first-order valence-corrected chi connectivity index (χ1v) is 7.86. The lowest BCUT2D eigenvalue weighted by Crippen LogP contribution is -2.27. The molecular formula is C19H21NO4. The summed E-state index contributed by atoms with van der Waals surface area (Å²) in [5.74, 6) is 1.29. The minimum absolute atomic E-state index is 0.0199. The van der Waals surface area contributed by atoms with Crippen LogP contribution in [0.15, 0.2) is 36.4 Å². The van der Waals surface area contributed by atoms with Crippen LogP contribution >= 0.6 is 0 Å². The fraction of sp³-hybridized carbons (Fsp3) is 0.316. The number of carbonyl (C=O) groups excluding carboxylic acids is 1. The average molecular weight is 327 g/mol. The standard InChI is InChI=1S/C19H21NO4/c1-22-16-11-18(24-3)17(23-2)10-14(16)19(21)20-15-9-8-12-6-4-5-7-13(12)15/h4-7,10-11,15H,8-9H2,1-3H3,(H,20,21). The maximum absolute atomic E-state index is 12.8. The molecule has 126 valence electrons. The van der Waals surface area contributed by atoms with Crippen molar-refractivity contribution in [1.82, 2.24) is 5.32 Å². The molecule has 0 spiro atoms. The van der Waals surface area contributed by atoms with E-state index in [4.69, 9.17) is 14.2 Å². The van der Waals surface area contributed by atoms with Crippen molar-refractivity contribution in [2.75, 3.05) is 21.3 Å². The quantitative estimate of drug-likeness (QED) is 0.917. The first-order valence-electron chi connectivity index (χ1n) is 7.86. The van der Waals surface area contributed by atoms with Gasteiger partial charge < -0.3 is 19.5 Å². The molecule has 2 aromatic carbocycles. The van der Waals surface area contributed by atoms with Crippen molar-refractivity contribution in [2.45, 2.75) is 18.9 Å². The molecule has 0 saturated heterocycles. The number of fused-ring (bicyclic) bond motifs is 1. The fourth-order valence-electron chi connectivity index (χ4n) is 3.15. The number of rotatable bonds is 5. The molecule has 0 radical (unpaired) electrons. The summed E-state index contributed by atoms with van der Waals surface area (Å²) in [7, 11) is 4.62. The highest BCUT2D eigenvalue weighted by atomic mass is 16.5. The number of hydrogen-bond donors (Lipinski definition) is 1. The van der Waals surface area contributed by atoms with Gasteiger partial charge in [-0.2, -0.15) is 0 Å². The van der Waals surface area contributed by atoms with Crippen LogP contribution < -0.4 is 19.5 Å². The molecule has 0 bridgehead atoms. The highest BCUT2D eigenvalue weighted by Crippen LogP contribution is 2.36. The Hall–Kier alpha value is -2.69. The summed E-state index contributed by atoms with van der Waals surface area (Å²) < 4.78 is 15.9. The van der Waals surface area contributed by atoms with Gasteiger partial charge in [0.25, 0.3) is 5.91 Å². The van der Waals surface area contributed by atoms with Gasteiger partial charge in [-0.3, -0.25) is 4.79 Å². The summed E-state index contributed by atoms with van der Waals surface area (Å²) in [4.78, 5) is 12.8. The first-order chi connectivity index (χ1) is 11.7. The van der Waals surface area contributed by atoms with E-state index in [1.54, 1.807) is 26.4 Å². The lowest BCUT2D eigenvalue weighted by molar-refractivity contribution is 0.0933. The first kappa shape index (κ1) is 16.2. The van der Waals surface area contributed by atoms with Crippen molar-refractivity contribution in [3.8, 4) is 17.2 Å². The van der Waals surface area contributed by atoms with Crippen LogP contribution in [0.2, 0.25) is 0 Å². The number of benzene rings is 2. The lowest BCUT2D eigenvalue weighted by atomic mass is 10.1. The normalized spacial score (nSPS) is 15.5. The molecule has 0 heterocycles. The van der Waals surface area contributed by atoms with E-state index >= 15 is 0 Å². The second-order valence-electron chi connectivity index (χ2n) is 5.67. The van der Waals surface area contributed by atoms with Gasteiger partial charge >= 0.3 is 0 Å². The third-order valence-electron chi connectivity index (χ3n) is 4.39. The van der Waals surface area contributed by atoms with E-state index in [1.165, 1.54) is 18.2 Å². The number of methoxy groups -OCH3 is 3. The van der Waals surface area contributed by atoms with Crippen LogP contribution in [0, 0.1) is 0 Å². The van der Waals surface area contributed by atoms with Gasteiger partial charge in [-0.1, -0.05) is 24.3 Å². The average Bonchev–Trinajstić information content (AvgIpc) is 3.03. The van der Waals surface area contributed by atoms with E-state index in [2.05, 4.69) is 17.4 Å². The van der Waals surface area contributed by atoms with Gasteiger partial charge in [-0.05, 0) is 24.0 Å². The SMILES string of the molecule is COc1cc(OC)c(C(=O)NC2CCc3ccccc32)cc1OC. The van der Waals surface area contributed by atoms with Gasteiger partial charge in [0.1, 0.15) is 5.75 Å². The van der Waals surface area contributed by atoms with Crippen LogP contribution in [0.5, 0.6) is 17.2 Å². The smallest absolute Gasteiger partial charge is 0.255 e. The van der Waals surface area contributed by atoms with Crippen molar-refractivity contribution in [2.24, 2.45) is 0 Å². The topological polar surface area (TPSA) is 56.8 Å². The maximum atomic E-state index is 12.8. The molecule has 1 N–H and O–H groups in total. The van der Waals surface area contributed by atoms with E-state index in [9.17, 15) is 4.79 Å². The minimum Gasteiger partial charge on any atom is -0.496 e. The van der Waals surface area contributed by atoms with Crippen molar-refractivity contribution >= 4 is 5.91 Å². The number of amides is 1. The zero-order valence-corrected chi connectivity index (χ0v) is 14.1. The van der Waals surface area contributed by atoms with Crippen molar-refractivity contribution < 1.29 is 19.0 Å².